The first-order valence-electron chi connectivity index (χ1n) is 4.79. The summed E-state index contributed by atoms with van der Waals surface area (Å²) in [5.74, 6) is -0.584. The lowest BCUT2D eigenvalue weighted by atomic mass is 10.1. The summed E-state index contributed by atoms with van der Waals surface area (Å²) in [5, 5.41) is 11.9. The van der Waals surface area contributed by atoms with Crippen LogP contribution in [0.25, 0.3) is 0 Å². The molecular weight excluding hydrogens is 210 g/mol. The Hall–Kier alpha value is -1.00. The second kappa shape index (κ2) is 5.78. The third kappa shape index (κ3) is 3.57. The van der Waals surface area contributed by atoms with Gasteiger partial charge in [0.05, 0.1) is 0 Å². The lowest BCUT2D eigenvalue weighted by Crippen LogP contribution is -2.39. The van der Waals surface area contributed by atoms with Crippen LogP contribution < -0.4 is 5.32 Å². The third-order valence-electron chi connectivity index (χ3n) is 2.23. The van der Waals surface area contributed by atoms with E-state index in [2.05, 4.69) is 17.9 Å². The van der Waals surface area contributed by atoms with Crippen molar-refractivity contribution < 1.29 is 9.90 Å². The molecular formula is C11H15NO2S. The molecule has 2 N–H and O–H groups in total. The number of rotatable bonds is 5. The number of nitrogens with one attached hydrogen (secondary N) is 1. The normalized spacial score (nSPS) is 14.5. The number of hydrogen-bond donors (Lipinski definition) is 3. The second-order valence-electron chi connectivity index (χ2n) is 3.37. The van der Waals surface area contributed by atoms with Crippen LogP contribution in [-0.2, 0) is 4.79 Å². The zero-order valence-corrected chi connectivity index (χ0v) is 9.45. The first kappa shape index (κ1) is 12.1. The average Bonchev–Trinajstić information content (AvgIpc) is 2.26. The maximum absolute atomic E-state index is 10.8. The Morgan fingerprint density at radius 2 is 2.07 bits per heavy atom. The Morgan fingerprint density at radius 1 is 1.47 bits per heavy atom. The maximum atomic E-state index is 10.8. The van der Waals surface area contributed by atoms with Crippen LogP contribution in [0, 0.1) is 0 Å². The number of aliphatic carboxylic acids is 1. The van der Waals surface area contributed by atoms with Crippen molar-refractivity contribution in [3.05, 3.63) is 35.9 Å². The molecule has 0 heterocycles. The molecule has 0 saturated carbocycles. The Bertz CT molecular complexity index is 316. The minimum atomic E-state index is -0.868. The minimum Gasteiger partial charge on any atom is -0.480 e. The molecule has 0 saturated heterocycles. The van der Waals surface area contributed by atoms with Gasteiger partial charge in [-0.15, -0.1) is 0 Å². The molecule has 0 aliphatic heterocycles. The van der Waals surface area contributed by atoms with Crippen molar-refractivity contribution in [2.45, 2.75) is 19.0 Å². The highest BCUT2D eigenvalue weighted by molar-refractivity contribution is 7.80. The van der Waals surface area contributed by atoms with Crippen LogP contribution in [0.1, 0.15) is 18.5 Å². The smallest absolute Gasteiger partial charge is 0.321 e. The first-order chi connectivity index (χ1) is 7.15. The van der Waals surface area contributed by atoms with E-state index in [0.717, 1.165) is 5.56 Å². The standard InChI is InChI=1S/C11H15NO2S/c1-8(9-5-3-2-4-6-9)12-10(7-15)11(13)14/h2-6,8,10,12,15H,7H2,1H3,(H,13,14)/t8?,10-/m0/s1. The summed E-state index contributed by atoms with van der Waals surface area (Å²) in [6.07, 6.45) is 0. The summed E-state index contributed by atoms with van der Waals surface area (Å²) >= 11 is 4.00. The zero-order valence-electron chi connectivity index (χ0n) is 8.55. The molecule has 0 fully saturated rings. The quantitative estimate of drug-likeness (QED) is 0.669. The molecule has 4 heteroatoms. The molecule has 1 rings (SSSR count). The number of benzene rings is 1. The molecule has 2 atom stereocenters. The molecule has 0 spiro atoms. The molecule has 0 amide bonds. The largest absolute Gasteiger partial charge is 0.480 e. The summed E-state index contributed by atoms with van der Waals surface area (Å²) in [5.41, 5.74) is 1.07. The van der Waals surface area contributed by atoms with Crippen LogP contribution in [-0.4, -0.2) is 22.9 Å². The van der Waals surface area contributed by atoms with Crippen LogP contribution in [0.2, 0.25) is 0 Å². The van der Waals surface area contributed by atoms with E-state index in [0.29, 0.717) is 0 Å². The van der Waals surface area contributed by atoms with E-state index < -0.39 is 12.0 Å². The van der Waals surface area contributed by atoms with Gasteiger partial charge in [-0.25, -0.2) is 0 Å². The van der Waals surface area contributed by atoms with Crippen molar-refractivity contribution in [3.63, 3.8) is 0 Å². The van der Waals surface area contributed by atoms with Gasteiger partial charge in [-0.3, -0.25) is 10.1 Å². The number of carboxylic acid groups (broad SMARTS) is 1. The summed E-state index contributed by atoms with van der Waals surface area (Å²) in [6.45, 7) is 1.94. The van der Waals surface area contributed by atoms with Crippen molar-refractivity contribution >= 4 is 18.6 Å². The molecule has 15 heavy (non-hydrogen) atoms. The van der Waals surface area contributed by atoms with Gasteiger partial charge in [0.1, 0.15) is 6.04 Å². The monoisotopic (exact) mass is 225 g/mol. The summed E-state index contributed by atoms with van der Waals surface area (Å²) in [6, 6.07) is 9.14. The van der Waals surface area contributed by atoms with Gasteiger partial charge in [0.15, 0.2) is 0 Å². The van der Waals surface area contributed by atoms with E-state index in [1.807, 2.05) is 37.3 Å². The zero-order chi connectivity index (χ0) is 11.3. The molecule has 1 unspecified atom stereocenters. The van der Waals surface area contributed by atoms with Crippen LogP contribution in [0.15, 0.2) is 30.3 Å². The van der Waals surface area contributed by atoms with E-state index in [9.17, 15) is 4.79 Å². The molecule has 1 aromatic carbocycles. The Labute approximate surface area is 94.9 Å². The predicted molar refractivity (Wildman–Crippen MR) is 63.3 cm³/mol. The highest BCUT2D eigenvalue weighted by Gasteiger charge is 2.17. The fourth-order valence-corrected chi connectivity index (χ4v) is 1.60. The van der Waals surface area contributed by atoms with Gasteiger partial charge in [0, 0.05) is 11.8 Å². The van der Waals surface area contributed by atoms with Crippen LogP contribution in [0.3, 0.4) is 0 Å². The number of hydrogen-bond acceptors (Lipinski definition) is 3. The Balaban J connectivity index is 2.62. The first-order valence-corrected chi connectivity index (χ1v) is 5.43. The Kier molecular flexibility index (Phi) is 4.65. The van der Waals surface area contributed by atoms with Crippen molar-refractivity contribution in [1.82, 2.24) is 5.32 Å². The van der Waals surface area contributed by atoms with Crippen LogP contribution in [0.4, 0.5) is 0 Å². The highest BCUT2D eigenvalue weighted by atomic mass is 32.1. The minimum absolute atomic E-state index is 0.0134. The summed E-state index contributed by atoms with van der Waals surface area (Å²) in [7, 11) is 0. The van der Waals surface area contributed by atoms with E-state index >= 15 is 0 Å². The van der Waals surface area contributed by atoms with Gasteiger partial charge < -0.3 is 5.11 Å². The average molecular weight is 225 g/mol. The van der Waals surface area contributed by atoms with E-state index in [1.54, 1.807) is 0 Å². The topological polar surface area (TPSA) is 49.3 Å². The SMILES string of the molecule is CC(N[C@@H](CS)C(=O)O)c1ccccc1. The van der Waals surface area contributed by atoms with Gasteiger partial charge in [0.25, 0.3) is 0 Å². The lowest BCUT2D eigenvalue weighted by molar-refractivity contribution is -0.139. The molecule has 1 aromatic rings. The molecule has 0 aromatic heterocycles. The maximum Gasteiger partial charge on any atom is 0.321 e. The van der Waals surface area contributed by atoms with Gasteiger partial charge in [-0.1, -0.05) is 30.3 Å². The molecule has 3 nitrogen and oxygen atoms in total. The molecule has 0 aliphatic carbocycles. The van der Waals surface area contributed by atoms with Crippen LogP contribution >= 0.6 is 12.6 Å². The fraction of sp³-hybridized carbons (Fsp3) is 0.364. The Morgan fingerprint density at radius 3 is 2.53 bits per heavy atom. The van der Waals surface area contributed by atoms with Gasteiger partial charge >= 0.3 is 5.97 Å². The molecule has 82 valence electrons. The number of carbonyl (C=O) groups is 1. The molecule has 0 radical (unpaired) electrons. The predicted octanol–water partition coefficient (Wildman–Crippen LogP) is 1.72. The number of thiol groups is 1. The third-order valence-corrected chi connectivity index (χ3v) is 2.60. The van der Waals surface area contributed by atoms with E-state index in [1.165, 1.54) is 0 Å². The van der Waals surface area contributed by atoms with E-state index in [4.69, 9.17) is 5.11 Å². The summed E-state index contributed by atoms with van der Waals surface area (Å²) in [4.78, 5) is 10.8. The second-order valence-corrected chi connectivity index (χ2v) is 3.74. The van der Waals surface area contributed by atoms with Crippen molar-refractivity contribution in [2.75, 3.05) is 5.75 Å². The van der Waals surface area contributed by atoms with Crippen LogP contribution in [0.5, 0.6) is 0 Å². The lowest BCUT2D eigenvalue weighted by Gasteiger charge is -2.18. The van der Waals surface area contributed by atoms with Gasteiger partial charge in [-0.05, 0) is 12.5 Å². The van der Waals surface area contributed by atoms with Gasteiger partial charge in [0.2, 0.25) is 0 Å². The fourth-order valence-electron chi connectivity index (χ4n) is 1.34. The van der Waals surface area contributed by atoms with E-state index in [-0.39, 0.29) is 11.8 Å². The van der Waals surface area contributed by atoms with Crippen molar-refractivity contribution in [1.29, 1.82) is 0 Å². The van der Waals surface area contributed by atoms with Gasteiger partial charge in [-0.2, -0.15) is 12.6 Å². The molecule has 0 aliphatic rings. The van der Waals surface area contributed by atoms with Crippen molar-refractivity contribution in [3.8, 4) is 0 Å². The summed E-state index contributed by atoms with van der Waals surface area (Å²) < 4.78 is 0. The number of carboxylic acids is 1. The van der Waals surface area contributed by atoms with Crippen molar-refractivity contribution in [2.24, 2.45) is 0 Å². The molecule has 0 bridgehead atoms. The highest BCUT2D eigenvalue weighted by Crippen LogP contribution is 2.12.